The van der Waals surface area contributed by atoms with Gasteiger partial charge >= 0.3 is 0 Å². The van der Waals surface area contributed by atoms with Crippen molar-refractivity contribution in [2.45, 2.75) is 38.8 Å². The van der Waals surface area contributed by atoms with E-state index in [9.17, 15) is 19.7 Å². The minimum absolute atomic E-state index is 0.148. The van der Waals surface area contributed by atoms with E-state index in [0.717, 1.165) is 42.2 Å². The number of carbonyl (C=O) groups excluding carboxylic acids is 1. The van der Waals surface area contributed by atoms with Crippen LogP contribution in [-0.4, -0.2) is 32.9 Å². The van der Waals surface area contributed by atoms with E-state index < -0.39 is 10.5 Å². The zero-order valence-electron chi connectivity index (χ0n) is 11.3. The average Bonchev–Trinajstić information content (AvgIpc) is 2.41. The Morgan fingerprint density at radius 2 is 2.20 bits per heavy atom. The lowest BCUT2D eigenvalue weighted by Crippen LogP contribution is -2.44. The van der Waals surface area contributed by atoms with Crippen LogP contribution < -0.4 is 5.56 Å². The second-order valence-corrected chi connectivity index (χ2v) is 5.04. The smallest absolute Gasteiger partial charge is 0.285 e. The van der Waals surface area contributed by atoms with Crippen LogP contribution in [0.1, 0.15) is 26.2 Å². The third kappa shape index (κ3) is 3.04. The van der Waals surface area contributed by atoms with Gasteiger partial charge in [-0.25, -0.2) is 0 Å². The SMILES string of the molecule is CC1CCCCN1C(=O)Cn1cc([N+](=O)[O-])ccc1=O. The maximum atomic E-state index is 12.2. The number of carbonyl (C=O) groups is 1. The molecular formula is C13H17N3O4. The summed E-state index contributed by atoms with van der Waals surface area (Å²) in [5.74, 6) is -0.167. The number of pyridine rings is 1. The topological polar surface area (TPSA) is 85.4 Å². The number of amides is 1. The molecule has 2 heterocycles. The van der Waals surface area contributed by atoms with Crippen molar-refractivity contribution in [3.05, 3.63) is 38.8 Å². The van der Waals surface area contributed by atoms with E-state index in [1.54, 1.807) is 4.90 Å². The molecule has 20 heavy (non-hydrogen) atoms. The van der Waals surface area contributed by atoms with E-state index in [0.29, 0.717) is 6.54 Å². The van der Waals surface area contributed by atoms with Gasteiger partial charge in [-0.1, -0.05) is 0 Å². The first kappa shape index (κ1) is 14.2. The normalized spacial score (nSPS) is 18.9. The number of hydrogen-bond acceptors (Lipinski definition) is 4. The Hall–Kier alpha value is -2.18. The first-order chi connectivity index (χ1) is 9.49. The van der Waals surface area contributed by atoms with Gasteiger partial charge in [0.1, 0.15) is 6.54 Å². The Bertz CT molecular complexity index is 581. The van der Waals surface area contributed by atoms with E-state index in [2.05, 4.69) is 0 Å². The summed E-state index contributed by atoms with van der Waals surface area (Å²) in [4.78, 5) is 35.7. The predicted octanol–water partition coefficient (Wildman–Crippen LogP) is 1.16. The van der Waals surface area contributed by atoms with Crippen LogP contribution in [0, 0.1) is 10.1 Å². The molecule has 1 aromatic heterocycles. The summed E-state index contributed by atoms with van der Waals surface area (Å²) in [7, 11) is 0. The fraction of sp³-hybridized carbons (Fsp3) is 0.538. The lowest BCUT2D eigenvalue weighted by molar-refractivity contribution is -0.385. The van der Waals surface area contributed by atoms with Crippen molar-refractivity contribution in [1.29, 1.82) is 0 Å². The molecule has 1 aromatic rings. The Kier molecular flexibility index (Phi) is 4.16. The highest BCUT2D eigenvalue weighted by Gasteiger charge is 2.23. The van der Waals surface area contributed by atoms with Crippen LogP contribution in [0.15, 0.2) is 23.1 Å². The summed E-state index contributed by atoms with van der Waals surface area (Å²) < 4.78 is 1.10. The lowest BCUT2D eigenvalue weighted by atomic mass is 10.0. The second-order valence-electron chi connectivity index (χ2n) is 5.04. The molecule has 1 amide bonds. The molecule has 7 heteroatoms. The van der Waals surface area contributed by atoms with Gasteiger partial charge in [-0.2, -0.15) is 0 Å². The van der Waals surface area contributed by atoms with Crippen molar-refractivity contribution < 1.29 is 9.72 Å². The van der Waals surface area contributed by atoms with Crippen LogP contribution in [0.2, 0.25) is 0 Å². The fourth-order valence-electron chi connectivity index (χ4n) is 2.46. The van der Waals surface area contributed by atoms with Crippen LogP contribution >= 0.6 is 0 Å². The molecule has 1 aliphatic rings. The molecule has 108 valence electrons. The van der Waals surface area contributed by atoms with Crippen molar-refractivity contribution in [1.82, 2.24) is 9.47 Å². The predicted molar refractivity (Wildman–Crippen MR) is 72.4 cm³/mol. The Morgan fingerprint density at radius 1 is 1.45 bits per heavy atom. The van der Waals surface area contributed by atoms with Crippen molar-refractivity contribution in [2.24, 2.45) is 0 Å². The highest BCUT2D eigenvalue weighted by molar-refractivity contribution is 5.76. The minimum Gasteiger partial charge on any atom is -0.338 e. The maximum absolute atomic E-state index is 12.2. The number of hydrogen-bond donors (Lipinski definition) is 0. The van der Waals surface area contributed by atoms with E-state index in [1.807, 2.05) is 6.92 Å². The second kappa shape index (κ2) is 5.85. The third-order valence-electron chi connectivity index (χ3n) is 3.61. The van der Waals surface area contributed by atoms with Crippen molar-refractivity contribution in [3.63, 3.8) is 0 Å². The van der Waals surface area contributed by atoms with Gasteiger partial charge in [0, 0.05) is 24.7 Å². The van der Waals surface area contributed by atoms with Crippen LogP contribution in [0.4, 0.5) is 5.69 Å². The number of likely N-dealkylation sites (tertiary alicyclic amines) is 1. The first-order valence-corrected chi connectivity index (χ1v) is 6.63. The summed E-state index contributed by atoms with van der Waals surface area (Å²) in [6.45, 7) is 2.52. The summed E-state index contributed by atoms with van der Waals surface area (Å²) in [5.41, 5.74) is -0.599. The van der Waals surface area contributed by atoms with Gasteiger partial charge in [-0.05, 0) is 26.2 Å². The van der Waals surface area contributed by atoms with E-state index in [4.69, 9.17) is 0 Å². The van der Waals surface area contributed by atoms with Crippen molar-refractivity contribution in [3.8, 4) is 0 Å². The highest BCUT2D eigenvalue weighted by atomic mass is 16.6. The van der Waals surface area contributed by atoms with E-state index >= 15 is 0 Å². The molecule has 1 aliphatic heterocycles. The first-order valence-electron chi connectivity index (χ1n) is 6.63. The summed E-state index contributed by atoms with van der Waals surface area (Å²) in [6, 6.07) is 2.42. The number of nitro groups is 1. The molecule has 0 saturated carbocycles. The van der Waals surface area contributed by atoms with E-state index in [1.165, 1.54) is 0 Å². The fourth-order valence-corrected chi connectivity index (χ4v) is 2.46. The quantitative estimate of drug-likeness (QED) is 0.613. The summed E-state index contributed by atoms with van der Waals surface area (Å²) >= 11 is 0. The summed E-state index contributed by atoms with van der Waals surface area (Å²) in [5, 5.41) is 10.7. The van der Waals surface area contributed by atoms with Gasteiger partial charge in [0.2, 0.25) is 5.91 Å². The third-order valence-corrected chi connectivity index (χ3v) is 3.61. The van der Waals surface area contributed by atoms with Gasteiger partial charge in [0.05, 0.1) is 11.1 Å². The molecule has 0 bridgehead atoms. The molecule has 0 spiro atoms. The van der Waals surface area contributed by atoms with Crippen LogP contribution in [0.25, 0.3) is 0 Å². The Morgan fingerprint density at radius 3 is 2.85 bits per heavy atom. The molecule has 1 unspecified atom stereocenters. The monoisotopic (exact) mass is 279 g/mol. The zero-order valence-corrected chi connectivity index (χ0v) is 11.3. The number of piperidine rings is 1. The van der Waals surface area contributed by atoms with Crippen LogP contribution in [-0.2, 0) is 11.3 Å². The summed E-state index contributed by atoms with van der Waals surface area (Å²) in [6.07, 6.45) is 4.13. The van der Waals surface area contributed by atoms with Gasteiger partial charge in [0.25, 0.3) is 11.2 Å². The highest BCUT2D eigenvalue weighted by Crippen LogP contribution is 2.17. The van der Waals surface area contributed by atoms with Gasteiger partial charge in [0.15, 0.2) is 0 Å². The molecule has 1 saturated heterocycles. The Labute approximate surface area is 116 Å². The average molecular weight is 279 g/mol. The van der Waals surface area contributed by atoms with Gasteiger partial charge in [-0.15, -0.1) is 0 Å². The minimum atomic E-state index is -0.579. The lowest BCUT2D eigenvalue weighted by Gasteiger charge is -2.33. The largest absolute Gasteiger partial charge is 0.338 e. The van der Waals surface area contributed by atoms with Crippen molar-refractivity contribution in [2.75, 3.05) is 6.54 Å². The molecule has 0 N–H and O–H groups in total. The molecular weight excluding hydrogens is 262 g/mol. The number of nitrogens with zero attached hydrogens (tertiary/aromatic N) is 3. The van der Waals surface area contributed by atoms with Crippen LogP contribution in [0.5, 0.6) is 0 Å². The molecule has 0 aliphatic carbocycles. The number of rotatable bonds is 3. The van der Waals surface area contributed by atoms with Crippen LogP contribution in [0.3, 0.4) is 0 Å². The molecule has 1 atom stereocenters. The van der Waals surface area contributed by atoms with Crippen molar-refractivity contribution >= 4 is 11.6 Å². The molecule has 7 nitrogen and oxygen atoms in total. The van der Waals surface area contributed by atoms with Gasteiger partial charge < -0.3 is 4.90 Å². The maximum Gasteiger partial charge on any atom is 0.285 e. The zero-order chi connectivity index (χ0) is 14.7. The number of aromatic nitrogens is 1. The molecule has 2 rings (SSSR count). The molecule has 0 aromatic carbocycles. The Balaban J connectivity index is 2.16. The van der Waals surface area contributed by atoms with E-state index in [-0.39, 0.29) is 24.2 Å². The molecule has 1 fully saturated rings. The molecule has 0 radical (unpaired) electrons. The standard InChI is InChI=1S/C13H17N3O4/c1-10-4-2-3-7-15(10)13(18)9-14-8-11(16(19)20)5-6-12(14)17/h5-6,8,10H,2-4,7,9H2,1H3. The van der Waals surface area contributed by atoms with Gasteiger partial charge in [-0.3, -0.25) is 24.3 Å².